The van der Waals surface area contributed by atoms with Crippen molar-refractivity contribution in [2.75, 3.05) is 22.9 Å². The number of rotatable bonds is 8. The molecular weight excluding hydrogens is 524 g/mol. The Kier molecular flexibility index (Phi) is 8.22. The minimum atomic E-state index is -1.27. The maximum absolute atomic E-state index is 13.5. The zero-order valence-electron chi connectivity index (χ0n) is 25.3. The third-order valence-electron chi connectivity index (χ3n) is 8.74. The van der Waals surface area contributed by atoms with Crippen LogP contribution < -0.4 is 20.0 Å². The van der Waals surface area contributed by atoms with E-state index in [0.717, 1.165) is 58.1 Å². The molecule has 1 fully saturated rings. The summed E-state index contributed by atoms with van der Waals surface area (Å²) in [6, 6.07) is 23.0. The number of nitrogens with zero attached hydrogens (tertiary/aromatic N) is 2. The fourth-order valence-electron chi connectivity index (χ4n) is 6.46. The largest absolute Gasteiger partial charge is 0.851 e. The van der Waals surface area contributed by atoms with Gasteiger partial charge in [-0.25, -0.2) is 0 Å². The summed E-state index contributed by atoms with van der Waals surface area (Å²) in [7, 11) is 0. The Labute approximate surface area is 249 Å². The number of hydrogen-bond acceptors (Lipinski definition) is 6. The van der Waals surface area contributed by atoms with E-state index >= 15 is 0 Å². The minimum Gasteiger partial charge on any atom is -0.851 e. The Morgan fingerprint density at radius 1 is 0.595 bits per heavy atom. The van der Waals surface area contributed by atoms with Crippen LogP contribution in [-0.4, -0.2) is 35.5 Å². The van der Waals surface area contributed by atoms with Gasteiger partial charge in [0.2, 0.25) is 0 Å². The van der Waals surface area contributed by atoms with E-state index in [0.29, 0.717) is 11.1 Å². The van der Waals surface area contributed by atoms with E-state index in [-0.39, 0.29) is 11.5 Å². The van der Waals surface area contributed by atoms with Crippen molar-refractivity contribution < 1.29 is 20.4 Å². The van der Waals surface area contributed by atoms with Crippen molar-refractivity contribution in [1.82, 2.24) is 0 Å². The average Bonchev–Trinajstić information content (AvgIpc) is 2.94. The predicted molar refractivity (Wildman–Crippen MR) is 166 cm³/mol. The monoisotopic (exact) mass is 564 g/mol. The van der Waals surface area contributed by atoms with Gasteiger partial charge in [0.15, 0.2) is 0 Å². The molecule has 4 atom stereocenters. The predicted octanol–water partition coefficient (Wildman–Crippen LogP) is 5.99. The van der Waals surface area contributed by atoms with Gasteiger partial charge in [-0.15, -0.1) is 12.2 Å². The van der Waals surface area contributed by atoms with Crippen molar-refractivity contribution in [3.8, 4) is 11.5 Å². The number of anilines is 4. The second-order valence-corrected chi connectivity index (χ2v) is 11.6. The zero-order valence-corrected chi connectivity index (χ0v) is 25.3. The van der Waals surface area contributed by atoms with E-state index in [2.05, 4.69) is 73.9 Å². The fraction of sp³-hybridized carbons (Fsp3) is 0.333. The maximum Gasteiger partial charge on any atom is 0.121 e. The van der Waals surface area contributed by atoms with E-state index in [1.54, 1.807) is 24.3 Å². The van der Waals surface area contributed by atoms with Crippen molar-refractivity contribution in [3.63, 3.8) is 0 Å². The molecule has 4 aromatic rings. The lowest BCUT2D eigenvalue weighted by molar-refractivity contribution is -0.536. The summed E-state index contributed by atoms with van der Waals surface area (Å²) in [5.41, 5.74) is 8.79. The third kappa shape index (κ3) is 5.21. The Bertz CT molecular complexity index is 1530. The van der Waals surface area contributed by atoms with Gasteiger partial charge in [0.25, 0.3) is 0 Å². The van der Waals surface area contributed by atoms with Crippen LogP contribution in [-0.2, 0) is 0 Å². The van der Waals surface area contributed by atoms with Crippen molar-refractivity contribution in [2.45, 2.75) is 65.6 Å². The molecule has 2 N–H and O–H groups in total. The first-order valence-electron chi connectivity index (χ1n) is 14.7. The molecule has 0 amide bonds. The normalized spacial score (nSPS) is 19.8. The lowest BCUT2D eigenvalue weighted by Crippen LogP contribution is -2.63. The van der Waals surface area contributed by atoms with E-state index in [9.17, 15) is 20.4 Å². The standard InChI is InChI=1S/C36H40N2O4/c1-7-37(8-2)25-11-13-27(31(39)19-25)33-35(41)34(36(33)42)28-14-12-26(20-32(28)40)38(29-15-9-21(3)17-23(29)5)30-16-10-22(4)18-24(30)6/h9-20,33-36,39-40H,7-8H2,1-6H3/q-2/t33?,34?,35-,36?/m0/s1. The molecule has 0 saturated heterocycles. The van der Waals surface area contributed by atoms with Crippen LogP contribution in [0.5, 0.6) is 11.5 Å². The number of phenols is 2. The molecule has 0 heterocycles. The fourth-order valence-corrected chi connectivity index (χ4v) is 6.46. The van der Waals surface area contributed by atoms with E-state index < -0.39 is 24.0 Å². The highest BCUT2D eigenvalue weighted by atomic mass is 16.3. The molecule has 5 rings (SSSR count). The molecule has 3 unspecified atom stereocenters. The molecule has 1 aliphatic carbocycles. The lowest BCUT2D eigenvalue weighted by atomic mass is 9.63. The van der Waals surface area contributed by atoms with Gasteiger partial charge in [-0.2, -0.15) is 0 Å². The highest BCUT2D eigenvalue weighted by Crippen LogP contribution is 2.51. The molecule has 6 heteroatoms. The van der Waals surface area contributed by atoms with Crippen LogP contribution in [0.1, 0.15) is 59.1 Å². The van der Waals surface area contributed by atoms with E-state index in [1.807, 2.05) is 26.0 Å². The summed E-state index contributed by atoms with van der Waals surface area (Å²) in [4.78, 5) is 4.20. The number of benzene rings is 4. The zero-order chi connectivity index (χ0) is 30.3. The van der Waals surface area contributed by atoms with Crippen molar-refractivity contribution in [2.24, 2.45) is 0 Å². The number of hydrogen-bond donors (Lipinski definition) is 2. The highest BCUT2D eigenvalue weighted by Gasteiger charge is 2.41. The molecular formula is C36H40N2O4-2. The average molecular weight is 565 g/mol. The second kappa shape index (κ2) is 11.7. The SMILES string of the molecule is CCN(CC)c1ccc(C2C([O-])C(c3ccc(N(c4ccc(C)cc4C)c4ccc(C)cc4C)cc3O)[C@H]2[O-])c(O)c1. The Morgan fingerprint density at radius 2 is 1.02 bits per heavy atom. The Morgan fingerprint density at radius 3 is 1.43 bits per heavy atom. The minimum absolute atomic E-state index is 0.0262. The summed E-state index contributed by atoms with van der Waals surface area (Å²) < 4.78 is 0. The van der Waals surface area contributed by atoms with Gasteiger partial charge in [0.1, 0.15) is 11.5 Å². The maximum atomic E-state index is 13.5. The molecule has 0 aliphatic heterocycles. The van der Waals surface area contributed by atoms with E-state index in [1.165, 1.54) is 0 Å². The summed E-state index contributed by atoms with van der Waals surface area (Å²) >= 11 is 0. The first-order valence-corrected chi connectivity index (χ1v) is 14.7. The first kappa shape index (κ1) is 29.5. The van der Waals surface area contributed by atoms with Crippen molar-refractivity contribution >= 4 is 22.7 Å². The van der Waals surface area contributed by atoms with Crippen LogP contribution in [0, 0.1) is 27.7 Å². The first-order chi connectivity index (χ1) is 20.0. The van der Waals surface area contributed by atoms with Crippen LogP contribution in [0.3, 0.4) is 0 Å². The van der Waals surface area contributed by atoms with Gasteiger partial charge in [-0.05, 0) is 99.9 Å². The molecule has 0 bridgehead atoms. The topological polar surface area (TPSA) is 93.1 Å². The highest BCUT2D eigenvalue weighted by molar-refractivity contribution is 5.81. The number of aromatic hydroxyl groups is 2. The van der Waals surface area contributed by atoms with Crippen LogP contribution in [0.25, 0.3) is 0 Å². The molecule has 1 aliphatic rings. The summed E-state index contributed by atoms with van der Waals surface area (Å²) in [5.74, 6) is -1.87. The third-order valence-corrected chi connectivity index (χ3v) is 8.74. The van der Waals surface area contributed by atoms with Crippen LogP contribution in [0.2, 0.25) is 0 Å². The smallest absolute Gasteiger partial charge is 0.121 e. The van der Waals surface area contributed by atoms with Gasteiger partial charge in [0, 0.05) is 48.0 Å². The van der Waals surface area contributed by atoms with E-state index in [4.69, 9.17) is 0 Å². The molecule has 42 heavy (non-hydrogen) atoms. The molecule has 1 saturated carbocycles. The Hall–Kier alpha value is -4.00. The molecule has 4 aromatic carbocycles. The summed E-state index contributed by atoms with van der Waals surface area (Å²) in [6.07, 6.45) is -2.55. The van der Waals surface area contributed by atoms with Gasteiger partial charge in [-0.1, -0.05) is 47.5 Å². The van der Waals surface area contributed by atoms with Crippen LogP contribution in [0.15, 0.2) is 72.8 Å². The summed E-state index contributed by atoms with van der Waals surface area (Å²) in [5, 5.41) is 48.9. The van der Waals surface area contributed by atoms with Crippen LogP contribution in [0.4, 0.5) is 22.7 Å². The quantitative estimate of drug-likeness (QED) is 0.273. The molecule has 0 spiro atoms. The molecule has 6 nitrogen and oxygen atoms in total. The van der Waals surface area contributed by atoms with Gasteiger partial charge in [-0.3, -0.25) is 0 Å². The lowest BCUT2D eigenvalue weighted by Gasteiger charge is -2.61. The molecule has 0 radical (unpaired) electrons. The van der Waals surface area contributed by atoms with Crippen molar-refractivity contribution in [3.05, 3.63) is 106 Å². The van der Waals surface area contributed by atoms with Crippen molar-refractivity contribution in [1.29, 1.82) is 0 Å². The van der Waals surface area contributed by atoms with Crippen LogP contribution >= 0.6 is 0 Å². The molecule has 0 aromatic heterocycles. The number of phenolic OH excluding ortho intramolecular Hbond substituents is 2. The van der Waals surface area contributed by atoms with Gasteiger partial charge >= 0.3 is 0 Å². The summed E-state index contributed by atoms with van der Waals surface area (Å²) in [6.45, 7) is 13.9. The Balaban J connectivity index is 1.47. The number of aryl methyl sites for hydroxylation is 4. The van der Waals surface area contributed by atoms with Gasteiger partial charge < -0.3 is 30.2 Å². The van der Waals surface area contributed by atoms with Gasteiger partial charge in [0.05, 0.1) is 0 Å². The second-order valence-electron chi connectivity index (χ2n) is 11.6. The molecule has 220 valence electrons.